The molecule has 0 aliphatic heterocycles. The molecule has 0 radical (unpaired) electrons. The molecule has 5 nitrogen and oxygen atoms in total. The van der Waals surface area contributed by atoms with Crippen LogP contribution in [0.25, 0.3) is 5.69 Å². The number of rotatable bonds is 5. The molecule has 28 heavy (non-hydrogen) atoms. The number of aromatic nitrogens is 2. The lowest BCUT2D eigenvalue weighted by Crippen LogP contribution is -2.24. The number of nitrogens with one attached hydrogen (secondary N) is 1. The Morgan fingerprint density at radius 2 is 1.89 bits per heavy atom. The Morgan fingerprint density at radius 3 is 2.57 bits per heavy atom. The third kappa shape index (κ3) is 4.79. The molecule has 3 aromatic rings. The van der Waals surface area contributed by atoms with Crippen LogP contribution in [0.2, 0.25) is 5.02 Å². The third-order valence-corrected chi connectivity index (χ3v) is 5.39. The Balaban J connectivity index is 1.76. The normalized spacial score (nSPS) is 11.9. The predicted octanol–water partition coefficient (Wildman–Crippen LogP) is 4.45. The Hall–Kier alpha value is -2.64. The minimum atomic E-state index is -0.481. The van der Waals surface area contributed by atoms with Crippen LogP contribution in [-0.4, -0.2) is 20.9 Å². The second-order valence-electron chi connectivity index (χ2n) is 6.11. The summed E-state index contributed by atoms with van der Waals surface area (Å²) in [7, 11) is 0. The fourth-order valence-corrected chi connectivity index (χ4v) is 3.35. The van der Waals surface area contributed by atoms with Crippen molar-refractivity contribution in [3.05, 3.63) is 81.4 Å². The van der Waals surface area contributed by atoms with Gasteiger partial charge in [-0.05, 0) is 61.9 Å². The third-order valence-electron chi connectivity index (χ3n) is 3.95. The van der Waals surface area contributed by atoms with E-state index in [1.807, 2.05) is 13.0 Å². The summed E-state index contributed by atoms with van der Waals surface area (Å²) in [5.74, 6) is -0.627. The minimum Gasteiger partial charge on any atom is -0.325 e. The maximum atomic E-state index is 13.0. The van der Waals surface area contributed by atoms with E-state index in [0.717, 1.165) is 5.56 Å². The van der Waals surface area contributed by atoms with Gasteiger partial charge >= 0.3 is 0 Å². The molecule has 1 atom stereocenters. The van der Waals surface area contributed by atoms with Crippen molar-refractivity contribution < 1.29 is 9.18 Å². The Kier molecular flexibility index (Phi) is 6.16. The number of nitrogens with zero attached hydrogens (tertiary/aromatic N) is 2. The van der Waals surface area contributed by atoms with Gasteiger partial charge in [0.15, 0.2) is 0 Å². The number of amides is 1. The number of halogens is 2. The van der Waals surface area contributed by atoms with Crippen molar-refractivity contribution in [3.8, 4) is 5.69 Å². The van der Waals surface area contributed by atoms with Gasteiger partial charge in [0.25, 0.3) is 5.56 Å². The second kappa shape index (κ2) is 8.58. The van der Waals surface area contributed by atoms with E-state index in [2.05, 4.69) is 10.4 Å². The summed E-state index contributed by atoms with van der Waals surface area (Å²) in [6.45, 7) is 3.60. The zero-order valence-corrected chi connectivity index (χ0v) is 16.7. The molecule has 8 heteroatoms. The van der Waals surface area contributed by atoms with Crippen molar-refractivity contribution in [2.45, 2.75) is 24.1 Å². The Labute approximate surface area is 170 Å². The standard InChI is InChI=1S/C20H17ClFN3O2S/c1-12-3-8-16(11-17(12)21)25-19(26)10-9-18(24-25)28-13(2)20(27)23-15-6-4-14(22)5-7-15/h3-11,13H,1-2H3,(H,23,27)/t13-/m1/s1. The van der Waals surface area contributed by atoms with E-state index in [0.29, 0.717) is 21.4 Å². The quantitative estimate of drug-likeness (QED) is 0.623. The number of aryl methyl sites for hydroxylation is 1. The van der Waals surface area contributed by atoms with Crippen LogP contribution in [0, 0.1) is 12.7 Å². The van der Waals surface area contributed by atoms with Crippen molar-refractivity contribution in [1.29, 1.82) is 0 Å². The highest BCUT2D eigenvalue weighted by Crippen LogP contribution is 2.23. The number of hydrogen-bond acceptors (Lipinski definition) is 4. The molecule has 1 N–H and O–H groups in total. The molecule has 0 saturated carbocycles. The summed E-state index contributed by atoms with van der Waals surface area (Å²) in [6.07, 6.45) is 0. The molecular formula is C20H17ClFN3O2S. The molecule has 0 bridgehead atoms. The molecule has 0 spiro atoms. The van der Waals surface area contributed by atoms with Gasteiger partial charge in [0, 0.05) is 16.8 Å². The van der Waals surface area contributed by atoms with Crippen LogP contribution in [0.3, 0.4) is 0 Å². The number of carbonyl (C=O) groups excluding carboxylic acids is 1. The number of hydrogen-bond donors (Lipinski definition) is 1. The van der Waals surface area contributed by atoms with Gasteiger partial charge in [-0.3, -0.25) is 9.59 Å². The number of thioether (sulfide) groups is 1. The van der Waals surface area contributed by atoms with Gasteiger partial charge in [0.1, 0.15) is 10.8 Å². The van der Waals surface area contributed by atoms with Crippen molar-refractivity contribution in [2.75, 3.05) is 5.32 Å². The van der Waals surface area contributed by atoms with Gasteiger partial charge in [0.05, 0.1) is 10.9 Å². The highest BCUT2D eigenvalue weighted by atomic mass is 35.5. The average molecular weight is 418 g/mol. The van der Waals surface area contributed by atoms with Crippen LogP contribution in [0.5, 0.6) is 0 Å². The summed E-state index contributed by atoms with van der Waals surface area (Å²) in [6, 6.07) is 13.7. The van der Waals surface area contributed by atoms with E-state index in [1.54, 1.807) is 25.1 Å². The lowest BCUT2D eigenvalue weighted by molar-refractivity contribution is -0.115. The van der Waals surface area contributed by atoms with E-state index in [4.69, 9.17) is 11.6 Å². The monoisotopic (exact) mass is 417 g/mol. The van der Waals surface area contributed by atoms with Gasteiger partial charge in [-0.1, -0.05) is 29.4 Å². The summed E-state index contributed by atoms with van der Waals surface area (Å²) in [5, 5.41) is 7.62. The first kappa shape index (κ1) is 20.1. The second-order valence-corrected chi connectivity index (χ2v) is 7.88. The summed E-state index contributed by atoms with van der Waals surface area (Å²) in [5.41, 5.74) is 1.65. The van der Waals surface area contributed by atoms with Crippen LogP contribution in [0.4, 0.5) is 10.1 Å². The van der Waals surface area contributed by atoms with Crippen LogP contribution in [0.15, 0.2) is 64.4 Å². The molecule has 0 aliphatic rings. The van der Waals surface area contributed by atoms with E-state index >= 15 is 0 Å². The smallest absolute Gasteiger partial charge is 0.271 e. The fraction of sp³-hybridized carbons (Fsp3) is 0.150. The molecule has 0 saturated heterocycles. The number of carbonyl (C=O) groups is 1. The average Bonchev–Trinajstić information content (AvgIpc) is 2.67. The minimum absolute atomic E-state index is 0.255. The SMILES string of the molecule is Cc1ccc(-n2nc(S[C@H](C)C(=O)Nc3ccc(F)cc3)ccc2=O)cc1Cl. The lowest BCUT2D eigenvalue weighted by atomic mass is 10.2. The molecular weight excluding hydrogens is 401 g/mol. The molecule has 0 aliphatic carbocycles. The maximum Gasteiger partial charge on any atom is 0.271 e. The summed E-state index contributed by atoms with van der Waals surface area (Å²) < 4.78 is 14.2. The van der Waals surface area contributed by atoms with E-state index in [-0.39, 0.29) is 17.3 Å². The number of benzene rings is 2. The maximum absolute atomic E-state index is 13.0. The first-order valence-electron chi connectivity index (χ1n) is 8.43. The van der Waals surface area contributed by atoms with Crippen molar-refractivity contribution in [3.63, 3.8) is 0 Å². The highest BCUT2D eigenvalue weighted by molar-refractivity contribution is 8.00. The highest BCUT2D eigenvalue weighted by Gasteiger charge is 2.16. The Bertz CT molecular complexity index is 1070. The van der Waals surface area contributed by atoms with Gasteiger partial charge < -0.3 is 5.32 Å². The van der Waals surface area contributed by atoms with E-state index in [9.17, 15) is 14.0 Å². The molecule has 1 aromatic heterocycles. The summed E-state index contributed by atoms with van der Waals surface area (Å²) >= 11 is 7.35. The molecule has 1 heterocycles. The molecule has 0 fully saturated rings. The molecule has 0 unspecified atom stereocenters. The van der Waals surface area contributed by atoms with Crippen molar-refractivity contribution in [2.24, 2.45) is 0 Å². The predicted molar refractivity (Wildman–Crippen MR) is 110 cm³/mol. The molecule has 144 valence electrons. The molecule has 3 rings (SSSR count). The van der Waals surface area contributed by atoms with Crippen molar-refractivity contribution in [1.82, 2.24) is 9.78 Å². The van der Waals surface area contributed by atoms with Gasteiger partial charge in [-0.15, -0.1) is 0 Å². The van der Waals surface area contributed by atoms with Crippen molar-refractivity contribution >= 4 is 35.0 Å². The Morgan fingerprint density at radius 1 is 1.18 bits per heavy atom. The molecule has 2 aromatic carbocycles. The first-order valence-corrected chi connectivity index (χ1v) is 9.69. The number of anilines is 1. The van der Waals surface area contributed by atoms with Crippen LogP contribution in [-0.2, 0) is 4.79 Å². The largest absolute Gasteiger partial charge is 0.325 e. The van der Waals surface area contributed by atoms with Gasteiger partial charge in [0.2, 0.25) is 5.91 Å². The first-order chi connectivity index (χ1) is 13.3. The molecule has 1 amide bonds. The fourth-order valence-electron chi connectivity index (χ4n) is 2.37. The van der Waals surface area contributed by atoms with Gasteiger partial charge in [-0.25, -0.2) is 4.39 Å². The zero-order chi connectivity index (χ0) is 20.3. The van der Waals surface area contributed by atoms with Crippen LogP contribution >= 0.6 is 23.4 Å². The van der Waals surface area contributed by atoms with Gasteiger partial charge in [-0.2, -0.15) is 9.78 Å². The van der Waals surface area contributed by atoms with Crippen LogP contribution in [0.1, 0.15) is 12.5 Å². The summed E-state index contributed by atoms with van der Waals surface area (Å²) in [4.78, 5) is 24.6. The van der Waals surface area contributed by atoms with E-state index < -0.39 is 5.25 Å². The van der Waals surface area contributed by atoms with Crippen LogP contribution < -0.4 is 10.9 Å². The topological polar surface area (TPSA) is 64.0 Å². The lowest BCUT2D eigenvalue weighted by Gasteiger charge is -2.13. The van der Waals surface area contributed by atoms with E-state index in [1.165, 1.54) is 46.8 Å². The zero-order valence-electron chi connectivity index (χ0n) is 15.1.